The van der Waals surface area contributed by atoms with Crippen LogP contribution in [-0.2, 0) is 20.9 Å². The Hall–Kier alpha value is -2.30. The zero-order valence-corrected chi connectivity index (χ0v) is 11.2. The molecule has 1 heterocycles. The highest BCUT2D eigenvalue weighted by Gasteiger charge is 2.21. The van der Waals surface area contributed by atoms with E-state index in [0.717, 1.165) is 22.2 Å². The molecule has 0 saturated carbocycles. The van der Waals surface area contributed by atoms with Gasteiger partial charge in [0.15, 0.2) is 0 Å². The molecule has 1 amide bonds. The fourth-order valence-corrected chi connectivity index (χ4v) is 2.09. The van der Waals surface area contributed by atoms with Gasteiger partial charge in [0.2, 0.25) is 0 Å². The van der Waals surface area contributed by atoms with Crippen LogP contribution in [0.4, 0.5) is 0 Å². The largest absolute Gasteiger partial charge is 0.462 e. The van der Waals surface area contributed by atoms with E-state index in [-0.39, 0.29) is 0 Å². The minimum absolute atomic E-state index is 0.365. The highest BCUT2D eigenvalue weighted by Crippen LogP contribution is 2.22. The van der Waals surface area contributed by atoms with E-state index in [1.807, 2.05) is 31.2 Å². The number of aromatic nitrogens is 1. The summed E-state index contributed by atoms with van der Waals surface area (Å²) in [6.07, 6.45) is 0. The Balaban J connectivity index is 2.28. The van der Waals surface area contributed by atoms with Gasteiger partial charge in [0.05, 0.1) is 7.11 Å². The highest BCUT2D eigenvalue weighted by molar-refractivity contribution is 6.32. The maximum atomic E-state index is 11.7. The Labute approximate surface area is 111 Å². The van der Waals surface area contributed by atoms with E-state index in [1.54, 1.807) is 7.05 Å². The third-order valence-corrected chi connectivity index (χ3v) is 3.13. The Morgan fingerprint density at radius 3 is 2.68 bits per heavy atom. The van der Waals surface area contributed by atoms with Crippen molar-refractivity contribution in [2.75, 3.05) is 14.2 Å². The second-order valence-electron chi connectivity index (χ2n) is 4.43. The fraction of sp³-hybridized carbons (Fsp3) is 0.286. The summed E-state index contributed by atoms with van der Waals surface area (Å²) < 4.78 is 4.43. The molecule has 0 bridgehead atoms. The van der Waals surface area contributed by atoms with Crippen LogP contribution in [0, 0.1) is 6.92 Å². The van der Waals surface area contributed by atoms with E-state index in [4.69, 9.17) is 0 Å². The maximum Gasteiger partial charge on any atom is 0.396 e. The number of nitrogens with one attached hydrogen (secondary N) is 1. The SMILES string of the molecule is COC(=O)C(=O)N(C)Cc1c(C)[nH]c2ccccc12. The molecule has 1 N–H and O–H groups in total. The van der Waals surface area contributed by atoms with Gasteiger partial charge in [-0.25, -0.2) is 4.79 Å². The monoisotopic (exact) mass is 260 g/mol. The number of H-pyrrole nitrogens is 1. The van der Waals surface area contributed by atoms with Gasteiger partial charge in [0, 0.05) is 30.2 Å². The lowest BCUT2D eigenvalue weighted by Gasteiger charge is -2.15. The van der Waals surface area contributed by atoms with Gasteiger partial charge in [-0.15, -0.1) is 0 Å². The number of aryl methyl sites for hydroxylation is 1. The van der Waals surface area contributed by atoms with Gasteiger partial charge in [-0.3, -0.25) is 4.79 Å². The van der Waals surface area contributed by atoms with E-state index in [9.17, 15) is 9.59 Å². The molecule has 0 radical (unpaired) electrons. The zero-order chi connectivity index (χ0) is 14.0. The number of para-hydroxylation sites is 1. The summed E-state index contributed by atoms with van der Waals surface area (Å²) in [5.74, 6) is -1.49. The van der Waals surface area contributed by atoms with E-state index >= 15 is 0 Å². The molecule has 0 atom stereocenters. The smallest absolute Gasteiger partial charge is 0.396 e. The lowest BCUT2D eigenvalue weighted by Crippen LogP contribution is -2.33. The molecule has 0 aliphatic heterocycles. The van der Waals surface area contributed by atoms with Gasteiger partial charge in [-0.05, 0) is 18.6 Å². The number of methoxy groups -OCH3 is 1. The van der Waals surface area contributed by atoms with E-state index in [1.165, 1.54) is 12.0 Å². The van der Waals surface area contributed by atoms with Gasteiger partial charge >= 0.3 is 11.9 Å². The van der Waals surface area contributed by atoms with Crippen LogP contribution in [0.2, 0.25) is 0 Å². The van der Waals surface area contributed by atoms with Crippen LogP contribution < -0.4 is 0 Å². The van der Waals surface area contributed by atoms with Crippen molar-refractivity contribution in [1.82, 2.24) is 9.88 Å². The van der Waals surface area contributed by atoms with Crippen molar-refractivity contribution < 1.29 is 14.3 Å². The van der Waals surface area contributed by atoms with Crippen molar-refractivity contribution in [3.8, 4) is 0 Å². The molecule has 5 heteroatoms. The third-order valence-electron chi connectivity index (χ3n) is 3.13. The average molecular weight is 260 g/mol. The highest BCUT2D eigenvalue weighted by atomic mass is 16.5. The number of rotatable bonds is 2. The molecule has 1 aromatic carbocycles. The molecule has 0 unspecified atom stereocenters. The van der Waals surface area contributed by atoms with Crippen LogP contribution in [0.3, 0.4) is 0 Å². The summed E-state index contributed by atoms with van der Waals surface area (Å²) in [5.41, 5.74) is 3.02. The van der Waals surface area contributed by atoms with E-state index in [0.29, 0.717) is 6.54 Å². The van der Waals surface area contributed by atoms with Crippen molar-refractivity contribution in [3.05, 3.63) is 35.5 Å². The number of aromatic amines is 1. The van der Waals surface area contributed by atoms with Crippen LogP contribution in [0.15, 0.2) is 24.3 Å². The van der Waals surface area contributed by atoms with Gasteiger partial charge in [-0.2, -0.15) is 0 Å². The molecule has 0 aliphatic carbocycles. The molecule has 0 aliphatic rings. The Morgan fingerprint density at radius 2 is 2.00 bits per heavy atom. The van der Waals surface area contributed by atoms with Crippen LogP contribution in [0.1, 0.15) is 11.3 Å². The van der Waals surface area contributed by atoms with Crippen LogP contribution in [0.5, 0.6) is 0 Å². The summed E-state index contributed by atoms with van der Waals surface area (Å²) in [6, 6.07) is 7.87. The zero-order valence-electron chi connectivity index (χ0n) is 11.2. The predicted octanol–water partition coefficient (Wildman–Crippen LogP) is 1.61. The second kappa shape index (κ2) is 5.14. The normalized spacial score (nSPS) is 10.5. The predicted molar refractivity (Wildman–Crippen MR) is 71.5 cm³/mol. The van der Waals surface area contributed by atoms with Gasteiger partial charge < -0.3 is 14.6 Å². The van der Waals surface area contributed by atoms with Crippen molar-refractivity contribution >= 4 is 22.8 Å². The lowest BCUT2D eigenvalue weighted by atomic mass is 10.1. The number of amides is 1. The molecule has 0 spiro atoms. The van der Waals surface area contributed by atoms with Crippen molar-refractivity contribution in [1.29, 1.82) is 0 Å². The number of likely N-dealkylation sites (N-methyl/N-ethyl adjacent to an activating group) is 1. The molecular weight excluding hydrogens is 244 g/mol. The number of ether oxygens (including phenoxy) is 1. The van der Waals surface area contributed by atoms with Crippen LogP contribution >= 0.6 is 0 Å². The topological polar surface area (TPSA) is 62.4 Å². The molecule has 2 rings (SSSR count). The maximum absolute atomic E-state index is 11.7. The number of hydrogen-bond donors (Lipinski definition) is 1. The second-order valence-corrected chi connectivity index (χ2v) is 4.43. The lowest BCUT2D eigenvalue weighted by molar-refractivity contribution is -0.157. The van der Waals surface area contributed by atoms with E-state index in [2.05, 4.69) is 9.72 Å². The Kier molecular flexibility index (Phi) is 3.55. The first-order chi connectivity index (χ1) is 9.04. The summed E-state index contributed by atoms with van der Waals surface area (Å²) in [7, 11) is 2.78. The molecule has 1 aromatic heterocycles. The quantitative estimate of drug-likeness (QED) is 0.659. The van der Waals surface area contributed by atoms with Crippen molar-refractivity contribution in [3.63, 3.8) is 0 Å². The van der Waals surface area contributed by atoms with Crippen LogP contribution in [-0.4, -0.2) is 35.9 Å². The molecule has 19 heavy (non-hydrogen) atoms. The summed E-state index contributed by atoms with van der Waals surface area (Å²) in [6.45, 7) is 2.32. The van der Waals surface area contributed by atoms with Gasteiger partial charge in [-0.1, -0.05) is 18.2 Å². The number of carbonyl (C=O) groups excluding carboxylic acids is 2. The fourth-order valence-electron chi connectivity index (χ4n) is 2.09. The van der Waals surface area contributed by atoms with Crippen LogP contribution in [0.25, 0.3) is 10.9 Å². The number of hydrogen-bond acceptors (Lipinski definition) is 3. The first-order valence-electron chi connectivity index (χ1n) is 5.94. The first-order valence-corrected chi connectivity index (χ1v) is 5.94. The Bertz CT molecular complexity index is 631. The number of carbonyl (C=O) groups is 2. The summed E-state index contributed by atoms with van der Waals surface area (Å²) in [4.78, 5) is 27.5. The van der Waals surface area contributed by atoms with Crippen molar-refractivity contribution in [2.45, 2.75) is 13.5 Å². The van der Waals surface area contributed by atoms with Gasteiger partial charge in [0.25, 0.3) is 0 Å². The van der Waals surface area contributed by atoms with Gasteiger partial charge in [0.1, 0.15) is 0 Å². The third kappa shape index (κ3) is 2.45. The number of benzene rings is 1. The number of nitrogens with zero attached hydrogens (tertiary/aromatic N) is 1. The number of esters is 1. The minimum Gasteiger partial charge on any atom is -0.462 e. The standard InChI is InChI=1S/C14H16N2O3/c1-9-11(8-16(2)13(17)14(18)19-3)10-6-4-5-7-12(10)15-9/h4-7,15H,8H2,1-3H3. The average Bonchev–Trinajstić information content (AvgIpc) is 2.73. The first kappa shape index (κ1) is 13.1. The molecule has 100 valence electrons. The molecule has 0 saturated heterocycles. The Morgan fingerprint density at radius 1 is 1.32 bits per heavy atom. The summed E-state index contributed by atoms with van der Waals surface area (Å²) >= 11 is 0. The molecule has 0 fully saturated rings. The van der Waals surface area contributed by atoms with E-state index < -0.39 is 11.9 Å². The van der Waals surface area contributed by atoms with Crippen molar-refractivity contribution in [2.24, 2.45) is 0 Å². The minimum atomic E-state index is -0.847. The molecule has 5 nitrogen and oxygen atoms in total. The number of fused-ring (bicyclic) bond motifs is 1. The molecular formula is C14H16N2O3. The summed E-state index contributed by atoms with van der Waals surface area (Å²) in [5, 5.41) is 1.06. The molecule has 2 aromatic rings.